The molecule has 10 heteroatoms. The van der Waals surface area contributed by atoms with Crippen LogP contribution in [0.4, 0.5) is 10.5 Å². The van der Waals surface area contributed by atoms with E-state index in [9.17, 15) is 9.59 Å². The van der Waals surface area contributed by atoms with Crippen LogP contribution >= 0.6 is 0 Å². The van der Waals surface area contributed by atoms with Gasteiger partial charge in [0, 0.05) is 18.1 Å². The van der Waals surface area contributed by atoms with Crippen LogP contribution in [0.25, 0.3) is 0 Å². The fourth-order valence-electron chi connectivity index (χ4n) is 5.90. The Bertz CT molecular complexity index is 1300. The van der Waals surface area contributed by atoms with E-state index in [0.717, 1.165) is 37.0 Å². The second kappa shape index (κ2) is 19.2. The smallest absolute Gasteiger partial charge is 0.332 e. The summed E-state index contributed by atoms with van der Waals surface area (Å²) in [4.78, 5) is 35.5. The number of anilines is 1. The van der Waals surface area contributed by atoms with Crippen molar-refractivity contribution in [2.24, 2.45) is 5.41 Å². The second-order valence-electron chi connectivity index (χ2n) is 12.9. The predicted molar refractivity (Wildman–Crippen MR) is 186 cm³/mol. The van der Waals surface area contributed by atoms with Crippen LogP contribution in [-0.2, 0) is 25.7 Å². The van der Waals surface area contributed by atoms with Crippen LogP contribution in [0.2, 0.25) is 0 Å². The summed E-state index contributed by atoms with van der Waals surface area (Å²) >= 11 is 0. The molecule has 1 saturated heterocycles. The average molecular weight is 666 g/mol. The zero-order chi connectivity index (χ0) is 34.2. The van der Waals surface area contributed by atoms with E-state index < -0.39 is 24.4 Å². The Kier molecular flexibility index (Phi) is 14.7. The molecule has 2 aromatic carbocycles. The van der Waals surface area contributed by atoms with E-state index in [-0.39, 0.29) is 12.0 Å². The van der Waals surface area contributed by atoms with Gasteiger partial charge in [-0.15, -0.1) is 0 Å². The van der Waals surface area contributed by atoms with Crippen LogP contribution in [0.5, 0.6) is 11.5 Å². The molecule has 1 aliphatic heterocycles. The van der Waals surface area contributed by atoms with E-state index in [1.54, 1.807) is 14.0 Å². The van der Waals surface area contributed by atoms with Crippen molar-refractivity contribution in [1.29, 1.82) is 0 Å². The highest BCUT2D eigenvalue weighted by Gasteiger charge is 2.58. The molecule has 0 radical (unpaired) electrons. The fourth-order valence-corrected chi connectivity index (χ4v) is 5.90. The first-order valence-electron chi connectivity index (χ1n) is 17.7. The summed E-state index contributed by atoms with van der Waals surface area (Å²) in [5.41, 5.74) is 4.00. The van der Waals surface area contributed by atoms with Crippen molar-refractivity contribution in [2.75, 3.05) is 25.8 Å². The summed E-state index contributed by atoms with van der Waals surface area (Å²) in [5.74, 6) is 0.880. The fraction of sp³-hybridized carbons (Fsp3) is 0.579. The predicted octanol–water partition coefficient (Wildman–Crippen LogP) is 8.78. The van der Waals surface area contributed by atoms with Gasteiger partial charge in [0.15, 0.2) is 12.5 Å². The molecule has 1 aliphatic carbocycles. The van der Waals surface area contributed by atoms with Crippen LogP contribution in [-0.4, -0.2) is 54.5 Å². The number of hydrogen-bond donors (Lipinski definition) is 1. The lowest BCUT2D eigenvalue weighted by Gasteiger charge is -2.30. The van der Waals surface area contributed by atoms with Crippen molar-refractivity contribution in [3.8, 4) is 11.5 Å². The average Bonchev–Trinajstić information content (AvgIpc) is 3.81. The van der Waals surface area contributed by atoms with Crippen LogP contribution in [0.1, 0.15) is 103 Å². The Hall–Kier alpha value is -3.92. The van der Waals surface area contributed by atoms with Crippen molar-refractivity contribution in [3.05, 3.63) is 66.6 Å². The van der Waals surface area contributed by atoms with Crippen LogP contribution in [0, 0.1) is 5.41 Å². The summed E-state index contributed by atoms with van der Waals surface area (Å²) in [6.45, 7) is 7.26. The topological polar surface area (TPSA) is 98.8 Å². The summed E-state index contributed by atoms with van der Waals surface area (Å²) in [6.07, 6.45) is 15.3. The highest BCUT2D eigenvalue weighted by Crippen LogP contribution is 2.51. The number of ether oxygens (including phenoxy) is 4. The molecule has 2 aliphatic rings. The van der Waals surface area contributed by atoms with E-state index in [0.29, 0.717) is 24.7 Å². The van der Waals surface area contributed by atoms with Gasteiger partial charge in [-0.05, 0) is 43.9 Å². The quantitative estimate of drug-likeness (QED) is 0.0514. The maximum absolute atomic E-state index is 13.7. The first-order valence-corrected chi connectivity index (χ1v) is 17.7. The van der Waals surface area contributed by atoms with Crippen molar-refractivity contribution >= 4 is 17.6 Å². The van der Waals surface area contributed by atoms with E-state index in [1.165, 1.54) is 73.7 Å². The third kappa shape index (κ3) is 10.5. The Morgan fingerprint density at radius 3 is 2.25 bits per heavy atom. The minimum absolute atomic E-state index is 0.253. The van der Waals surface area contributed by atoms with E-state index in [1.807, 2.05) is 55.5 Å². The monoisotopic (exact) mass is 665 g/mol. The second-order valence-corrected chi connectivity index (χ2v) is 12.9. The van der Waals surface area contributed by atoms with Gasteiger partial charge in [-0.2, -0.15) is 0 Å². The number of benzene rings is 2. The molecule has 1 heterocycles. The molecule has 1 N–H and O–H groups in total. The molecule has 2 atom stereocenters. The van der Waals surface area contributed by atoms with Crippen molar-refractivity contribution in [2.45, 2.75) is 117 Å². The number of nitrogens with zero attached hydrogens (tertiary/aromatic N) is 2. The summed E-state index contributed by atoms with van der Waals surface area (Å²) < 4.78 is 23.3. The Morgan fingerprint density at radius 1 is 0.917 bits per heavy atom. The van der Waals surface area contributed by atoms with Crippen molar-refractivity contribution < 1.29 is 33.4 Å². The van der Waals surface area contributed by atoms with Gasteiger partial charge in [0.25, 0.3) is 5.91 Å². The third-order valence-corrected chi connectivity index (χ3v) is 9.01. The van der Waals surface area contributed by atoms with Gasteiger partial charge in [-0.1, -0.05) is 102 Å². The highest BCUT2D eigenvalue weighted by atomic mass is 16.6. The molecule has 10 nitrogen and oxygen atoms in total. The number of methoxy groups -OCH3 is 1. The van der Waals surface area contributed by atoms with Gasteiger partial charge in [-0.25, -0.2) is 15.2 Å². The highest BCUT2D eigenvalue weighted by molar-refractivity contribution is 6.03. The Balaban J connectivity index is 1.27. The molecule has 48 heavy (non-hydrogen) atoms. The minimum atomic E-state index is -1.01. The minimum Gasteiger partial charge on any atom is -0.494 e. The lowest BCUT2D eigenvalue weighted by Crippen LogP contribution is -2.46. The summed E-state index contributed by atoms with van der Waals surface area (Å²) in [6, 6.07) is 14.6. The molecular formula is C38H55N3O7. The molecule has 0 spiro atoms. The lowest BCUT2D eigenvalue weighted by atomic mass is 10.1. The van der Waals surface area contributed by atoms with E-state index in [4.69, 9.17) is 23.8 Å². The molecule has 264 valence electrons. The molecule has 4 rings (SSSR count). The van der Waals surface area contributed by atoms with E-state index in [2.05, 4.69) is 12.4 Å². The summed E-state index contributed by atoms with van der Waals surface area (Å²) in [5, 5.41) is 0. The molecule has 0 bridgehead atoms. The SMILES string of the molecule is CCCCCCCCCCCCOc1ccc(OC)c(NO/C=C/OC(N2C(=O)C(OCC)N(Cc3ccccc3)C2=O)C2(C)CC2)c1. The molecule has 3 amide bonds. The molecule has 2 unspecified atom stereocenters. The summed E-state index contributed by atoms with van der Waals surface area (Å²) in [7, 11) is 1.59. The number of nitrogens with one attached hydrogen (secondary N) is 1. The standard InChI is InChI=1S/C38H55N3O7/c1-5-7-8-9-10-11-12-13-14-18-25-46-31-21-22-33(44-4)32(28-31)39-48-27-26-47-36(38(3)23-24-38)41-34(42)35(45-6-2)40(37(41)43)29-30-19-16-15-17-20-30/h15-17,19-22,26-28,35-36,39H,5-14,18,23-25,29H2,1-4H3/b27-26+. The molecular weight excluding hydrogens is 610 g/mol. The third-order valence-electron chi connectivity index (χ3n) is 9.01. The number of hydrogen-bond acceptors (Lipinski definition) is 8. The van der Waals surface area contributed by atoms with Gasteiger partial charge >= 0.3 is 6.03 Å². The van der Waals surface area contributed by atoms with Crippen molar-refractivity contribution in [3.63, 3.8) is 0 Å². The number of carbonyl (C=O) groups is 2. The van der Waals surface area contributed by atoms with Gasteiger partial charge in [0.2, 0.25) is 6.23 Å². The molecule has 1 saturated carbocycles. The van der Waals surface area contributed by atoms with Gasteiger partial charge in [-0.3, -0.25) is 9.69 Å². The van der Waals surface area contributed by atoms with Crippen LogP contribution in [0.15, 0.2) is 61.1 Å². The number of urea groups is 1. The number of carbonyl (C=O) groups excluding carboxylic acids is 2. The largest absolute Gasteiger partial charge is 0.494 e. The zero-order valence-electron chi connectivity index (χ0n) is 29.3. The normalized spacial score (nSPS) is 17.5. The number of amides is 3. The van der Waals surface area contributed by atoms with Gasteiger partial charge in [0.1, 0.15) is 23.4 Å². The maximum Gasteiger partial charge on any atom is 0.332 e. The van der Waals surface area contributed by atoms with Gasteiger partial charge in [0.05, 0.1) is 20.3 Å². The lowest BCUT2D eigenvalue weighted by molar-refractivity contribution is -0.150. The van der Waals surface area contributed by atoms with Crippen LogP contribution < -0.4 is 15.0 Å². The molecule has 2 aromatic rings. The van der Waals surface area contributed by atoms with Crippen LogP contribution in [0.3, 0.4) is 0 Å². The number of rotatable bonds is 24. The Labute approximate surface area is 286 Å². The first-order chi connectivity index (χ1) is 23.4. The first kappa shape index (κ1) is 36.9. The van der Waals surface area contributed by atoms with E-state index >= 15 is 0 Å². The molecule has 0 aromatic heterocycles. The zero-order valence-corrected chi connectivity index (χ0v) is 29.3. The molecule has 2 fully saturated rings. The number of imide groups is 1. The number of unbranched alkanes of at least 4 members (excludes halogenated alkanes) is 9. The van der Waals surface area contributed by atoms with Gasteiger partial charge < -0.3 is 23.8 Å². The van der Waals surface area contributed by atoms with Crippen molar-refractivity contribution in [1.82, 2.24) is 9.80 Å². The Morgan fingerprint density at radius 2 is 1.60 bits per heavy atom. The maximum atomic E-state index is 13.7.